The number of benzene rings is 1. The zero-order chi connectivity index (χ0) is 15.8. The van der Waals surface area contributed by atoms with Crippen molar-refractivity contribution in [2.24, 2.45) is 0 Å². The molecule has 4 nitrogen and oxygen atoms in total. The van der Waals surface area contributed by atoms with E-state index in [4.69, 9.17) is 9.47 Å². The maximum atomic E-state index is 12.3. The molecule has 1 aromatic heterocycles. The van der Waals surface area contributed by atoms with E-state index in [9.17, 15) is 4.79 Å². The van der Waals surface area contributed by atoms with Gasteiger partial charge in [0.15, 0.2) is 6.61 Å². The fraction of sp³-hybridized carbons (Fsp3) is 0.353. The van der Waals surface area contributed by atoms with Crippen molar-refractivity contribution in [1.82, 2.24) is 4.90 Å². The number of carbonyl (C=O) groups excluding carboxylic acids is 1. The summed E-state index contributed by atoms with van der Waals surface area (Å²) in [6.07, 6.45) is 0.929. The topological polar surface area (TPSA) is 38.8 Å². The molecule has 22 heavy (non-hydrogen) atoms. The Balaban J connectivity index is 1.89. The van der Waals surface area contributed by atoms with E-state index in [1.807, 2.05) is 28.5 Å². The van der Waals surface area contributed by atoms with Gasteiger partial charge in [0.2, 0.25) is 0 Å². The van der Waals surface area contributed by atoms with Crippen LogP contribution in [0.4, 0.5) is 0 Å². The first-order chi connectivity index (χ1) is 10.7. The molecule has 0 aliphatic rings. The van der Waals surface area contributed by atoms with Crippen molar-refractivity contribution in [3.05, 3.63) is 46.7 Å². The Kier molecular flexibility index (Phi) is 6.27. The van der Waals surface area contributed by atoms with Gasteiger partial charge >= 0.3 is 0 Å². The molecular formula is C17H21NO3S. The van der Waals surface area contributed by atoms with Gasteiger partial charge in [-0.25, -0.2) is 0 Å². The van der Waals surface area contributed by atoms with Gasteiger partial charge in [0.1, 0.15) is 11.5 Å². The summed E-state index contributed by atoms with van der Waals surface area (Å²) in [5, 5.41) is 4.10. The van der Waals surface area contributed by atoms with Gasteiger partial charge in [-0.3, -0.25) is 4.79 Å². The molecule has 0 aliphatic carbocycles. The minimum absolute atomic E-state index is 0.00358. The lowest BCUT2D eigenvalue weighted by Crippen LogP contribution is -2.35. The summed E-state index contributed by atoms with van der Waals surface area (Å²) in [6, 6.07) is 9.28. The number of ether oxygens (including phenoxy) is 2. The van der Waals surface area contributed by atoms with Crippen molar-refractivity contribution in [3.8, 4) is 11.5 Å². The lowest BCUT2D eigenvalue weighted by molar-refractivity contribution is -0.134. The summed E-state index contributed by atoms with van der Waals surface area (Å²) in [5.74, 6) is 1.44. The average Bonchev–Trinajstić information content (AvgIpc) is 3.06. The normalized spacial score (nSPS) is 10.3. The highest BCUT2D eigenvalue weighted by Gasteiger charge is 2.14. The first-order valence-electron chi connectivity index (χ1n) is 7.28. The number of methoxy groups -OCH3 is 1. The molecule has 0 spiro atoms. The van der Waals surface area contributed by atoms with E-state index in [0.717, 1.165) is 24.3 Å². The summed E-state index contributed by atoms with van der Waals surface area (Å²) in [5.41, 5.74) is 1.16. The van der Waals surface area contributed by atoms with Crippen LogP contribution in [0.15, 0.2) is 41.1 Å². The van der Waals surface area contributed by atoms with Crippen LogP contribution in [0.3, 0.4) is 0 Å². The second-order valence-electron chi connectivity index (χ2n) is 4.91. The third-order valence-corrected chi connectivity index (χ3v) is 3.95. The van der Waals surface area contributed by atoms with E-state index in [2.05, 4.69) is 12.3 Å². The molecule has 0 saturated carbocycles. The van der Waals surface area contributed by atoms with Gasteiger partial charge in [-0.2, -0.15) is 11.3 Å². The molecule has 118 valence electrons. The monoisotopic (exact) mass is 319 g/mol. The van der Waals surface area contributed by atoms with Crippen LogP contribution in [0.1, 0.15) is 18.9 Å². The van der Waals surface area contributed by atoms with E-state index >= 15 is 0 Å². The minimum Gasteiger partial charge on any atom is -0.497 e. The van der Waals surface area contributed by atoms with Crippen LogP contribution in [0.5, 0.6) is 11.5 Å². The number of hydrogen-bond donors (Lipinski definition) is 0. The molecule has 0 unspecified atom stereocenters. The van der Waals surface area contributed by atoms with Crippen molar-refractivity contribution in [2.75, 3.05) is 20.3 Å². The molecule has 5 heteroatoms. The number of amides is 1. The summed E-state index contributed by atoms with van der Waals surface area (Å²) < 4.78 is 10.7. The standard InChI is InChI=1S/C17H21NO3S/c1-3-9-18(11-14-8-10-22-13-14)17(19)12-21-16-6-4-15(20-2)5-7-16/h4-8,10,13H,3,9,11-12H2,1-2H3. The van der Waals surface area contributed by atoms with E-state index in [1.165, 1.54) is 0 Å². The van der Waals surface area contributed by atoms with E-state index in [0.29, 0.717) is 12.3 Å². The summed E-state index contributed by atoms with van der Waals surface area (Å²) in [7, 11) is 1.62. The second kappa shape index (κ2) is 8.44. The average molecular weight is 319 g/mol. The highest BCUT2D eigenvalue weighted by atomic mass is 32.1. The Morgan fingerprint density at radius 2 is 1.91 bits per heavy atom. The number of nitrogens with zero attached hydrogens (tertiary/aromatic N) is 1. The first-order valence-corrected chi connectivity index (χ1v) is 8.23. The molecule has 2 aromatic rings. The second-order valence-corrected chi connectivity index (χ2v) is 5.69. The van der Waals surface area contributed by atoms with Crippen molar-refractivity contribution < 1.29 is 14.3 Å². The van der Waals surface area contributed by atoms with Crippen molar-refractivity contribution >= 4 is 17.2 Å². The molecule has 1 amide bonds. The predicted molar refractivity (Wildman–Crippen MR) is 88.5 cm³/mol. The van der Waals surface area contributed by atoms with Gasteiger partial charge in [0.05, 0.1) is 7.11 Å². The summed E-state index contributed by atoms with van der Waals surface area (Å²) in [4.78, 5) is 14.2. The Morgan fingerprint density at radius 1 is 1.18 bits per heavy atom. The lowest BCUT2D eigenvalue weighted by atomic mass is 10.3. The van der Waals surface area contributed by atoms with E-state index in [-0.39, 0.29) is 12.5 Å². The van der Waals surface area contributed by atoms with Crippen molar-refractivity contribution in [1.29, 1.82) is 0 Å². The molecule has 0 N–H and O–H groups in total. The fourth-order valence-corrected chi connectivity index (χ4v) is 2.73. The zero-order valence-electron chi connectivity index (χ0n) is 13.0. The van der Waals surface area contributed by atoms with Crippen LogP contribution in [-0.2, 0) is 11.3 Å². The third-order valence-electron chi connectivity index (χ3n) is 3.22. The smallest absolute Gasteiger partial charge is 0.260 e. The van der Waals surface area contributed by atoms with Gasteiger partial charge in [0, 0.05) is 13.1 Å². The predicted octanol–water partition coefficient (Wildman–Crippen LogP) is 3.57. The highest BCUT2D eigenvalue weighted by Crippen LogP contribution is 2.17. The van der Waals surface area contributed by atoms with E-state index in [1.54, 1.807) is 30.6 Å². The molecule has 0 bridgehead atoms. The molecule has 0 fully saturated rings. The third kappa shape index (κ3) is 4.77. The molecular weight excluding hydrogens is 298 g/mol. The molecule has 2 rings (SSSR count). The quantitative estimate of drug-likeness (QED) is 0.746. The van der Waals surface area contributed by atoms with Crippen LogP contribution in [0.25, 0.3) is 0 Å². The molecule has 0 aliphatic heterocycles. The minimum atomic E-state index is 0.00358. The van der Waals surface area contributed by atoms with Crippen molar-refractivity contribution in [2.45, 2.75) is 19.9 Å². The Hall–Kier alpha value is -2.01. The van der Waals surface area contributed by atoms with Crippen molar-refractivity contribution in [3.63, 3.8) is 0 Å². The Labute approximate surface area is 135 Å². The summed E-state index contributed by atoms with van der Waals surface area (Å²) >= 11 is 1.64. The Bertz CT molecular complexity index is 566. The molecule has 0 saturated heterocycles. The van der Waals surface area contributed by atoms with E-state index < -0.39 is 0 Å². The SMILES string of the molecule is CCCN(Cc1ccsc1)C(=O)COc1ccc(OC)cc1. The van der Waals surface area contributed by atoms with Gasteiger partial charge in [-0.15, -0.1) is 0 Å². The number of rotatable bonds is 8. The largest absolute Gasteiger partial charge is 0.497 e. The number of thiophene rings is 1. The van der Waals surface area contributed by atoms with Gasteiger partial charge in [0.25, 0.3) is 5.91 Å². The number of hydrogen-bond acceptors (Lipinski definition) is 4. The van der Waals surface area contributed by atoms with Gasteiger partial charge < -0.3 is 14.4 Å². The highest BCUT2D eigenvalue weighted by molar-refractivity contribution is 7.07. The number of carbonyl (C=O) groups is 1. The maximum Gasteiger partial charge on any atom is 0.260 e. The zero-order valence-corrected chi connectivity index (χ0v) is 13.8. The molecule has 1 heterocycles. The van der Waals surface area contributed by atoms with Crippen LogP contribution in [0.2, 0.25) is 0 Å². The fourth-order valence-electron chi connectivity index (χ4n) is 2.07. The molecule has 0 atom stereocenters. The van der Waals surface area contributed by atoms with Crippen LogP contribution in [0, 0.1) is 0 Å². The van der Waals surface area contributed by atoms with Crippen LogP contribution in [-0.4, -0.2) is 31.1 Å². The molecule has 0 radical (unpaired) electrons. The van der Waals surface area contributed by atoms with Gasteiger partial charge in [-0.05, 0) is 53.1 Å². The summed E-state index contributed by atoms with van der Waals surface area (Å²) in [6.45, 7) is 3.50. The van der Waals surface area contributed by atoms with Gasteiger partial charge in [-0.1, -0.05) is 6.92 Å². The Morgan fingerprint density at radius 3 is 2.50 bits per heavy atom. The maximum absolute atomic E-state index is 12.3. The molecule has 1 aromatic carbocycles. The van der Waals surface area contributed by atoms with Crippen LogP contribution >= 0.6 is 11.3 Å². The van der Waals surface area contributed by atoms with Crippen LogP contribution < -0.4 is 9.47 Å². The lowest BCUT2D eigenvalue weighted by Gasteiger charge is -2.21. The first kappa shape index (κ1) is 16.4.